The molecular weight excluding hydrogens is 397 g/mol. The number of carbonyl (C=O) groups excluding carboxylic acids is 1. The lowest BCUT2D eigenvalue weighted by Gasteiger charge is -2.36. The van der Waals surface area contributed by atoms with Crippen LogP contribution in [0.3, 0.4) is 0 Å². The molecule has 0 aliphatic carbocycles. The van der Waals surface area contributed by atoms with Crippen molar-refractivity contribution in [3.63, 3.8) is 0 Å². The van der Waals surface area contributed by atoms with Gasteiger partial charge in [0.05, 0.1) is 0 Å². The van der Waals surface area contributed by atoms with Crippen LogP contribution in [0.15, 0.2) is 36.7 Å². The van der Waals surface area contributed by atoms with Gasteiger partial charge in [-0.25, -0.2) is 4.98 Å². The van der Waals surface area contributed by atoms with Crippen molar-refractivity contribution in [1.29, 1.82) is 0 Å². The van der Waals surface area contributed by atoms with Crippen molar-refractivity contribution in [2.24, 2.45) is 7.05 Å². The number of ether oxygens (including phenoxy) is 1. The Kier molecular flexibility index (Phi) is 7.31. The zero-order valence-corrected chi connectivity index (χ0v) is 16.1. The molecule has 2 heterocycles. The lowest BCUT2D eigenvalue weighted by Crippen LogP contribution is -2.49. The zero-order chi connectivity index (χ0) is 19.4. The van der Waals surface area contributed by atoms with Gasteiger partial charge in [0.25, 0.3) is 0 Å². The van der Waals surface area contributed by atoms with Crippen molar-refractivity contribution in [1.82, 2.24) is 19.8 Å². The lowest BCUT2D eigenvalue weighted by molar-refractivity contribution is -0.274. The molecule has 1 amide bonds. The molecule has 6 nitrogen and oxygen atoms in total. The molecule has 154 valence electrons. The van der Waals surface area contributed by atoms with Gasteiger partial charge in [0, 0.05) is 45.5 Å². The molecule has 1 aliphatic heterocycles. The van der Waals surface area contributed by atoms with E-state index >= 15 is 0 Å². The number of hydrogen-bond donors (Lipinski definition) is 1. The van der Waals surface area contributed by atoms with Crippen LogP contribution in [-0.2, 0) is 18.3 Å². The summed E-state index contributed by atoms with van der Waals surface area (Å²) in [4.78, 5) is 18.9. The maximum absolute atomic E-state index is 12.8. The van der Waals surface area contributed by atoms with Crippen molar-refractivity contribution < 1.29 is 22.7 Å². The number of nitrogens with one attached hydrogen (secondary N) is 1. The molecule has 1 atom stereocenters. The van der Waals surface area contributed by atoms with Gasteiger partial charge in [-0.3, -0.25) is 4.79 Å². The summed E-state index contributed by atoms with van der Waals surface area (Å²) in [5.74, 6) is 0.390. The van der Waals surface area contributed by atoms with E-state index in [9.17, 15) is 18.0 Å². The Morgan fingerprint density at radius 3 is 2.79 bits per heavy atom. The molecule has 2 aromatic rings. The van der Waals surface area contributed by atoms with Gasteiger partial charge in [0.1, 0.15) is 17.6 Å². The number of benzene rings is 1. The van der Waals surface area contributed by atoms with Gasteiger partial charge < -0.3 is 19.5 Å². The molecule has 0 saturated carbocycles. The largest absolute Gasteiger partial charge is 0.573 e. The number of piperazine rings is 1. The van der Waals surface area contributed by atoms with E-state index in [1.54, 1.807) is 23.2 Å². The van der Waals surface area contributed by atoms with Gasteiger partial charge in [-0.1, -0.05) is 18.2 Å². The number of nitrogens with zero attached hydrogens (tertiary/aromatic N) is 3. The second-order valence-electron chi connectivity index (χ2n) is 6.36. The summed E-state index contributed by atoms with van der Waals surface area (Å²) in [6.07, 6.45) is -1.00. The summed E-state index contributed by atoms with van der Waals surface area (Å²) >= 11 is 0. The smallest absolute Gasteiger partial charge is 0.406 e. The average Bonchev–Trinajstić information content (AvgIpc) is 3.05. The van der Waals surface area contributed by atoms with Crippen LogP contribution in [0.2, 0.25) is 0 Å². The van der Waals surface area contributed by atoms with E-state index in [1.807, 2.05) is 17.8 Å². The molecule has 1 unspecified atom stereocenters. The molecule has 3 rings (SSSR count). The van der Waals surface area contributed by atoms with Crippen LogP contribution in [0, 0.1) is 0 Å². The molecule has 1 aromatic heterocycles. The maximum atomic E-state index is 12.8. The molecule has 0 bridgehead atoms. The second kappa shape index (κ2) is 9.29. The second-order valence-corrected chi connectivity index (χ2v) is 6.36. The lowest BCUT2D eigenvalue weighted by atomic mass is 10.1. The maximum Gasteiger partial charge on any atom is 0.573 e. The summed E-state index contributed by atoms with van der Waals surface area (Å²) in [5.41, 5.74) is 0.354. The van der Waals surface area contributed by atoms with E-state index in [-0.39, 0.29) is 42.9 Å². The third-order valence-corrected chi connectivity index (χ3v) is 4.53. The van der Waals surface area contributed by atoms with Crippen LogP contribution in [-0.4, -0.2) is 46.4 Å². The Morgan fingerprint density at radius 2 is 2.11 bits per heavy atom. The SMILES string of the molecule is Cl.Cn1ccnc1C1CNCCN1C(=O)CCc1ccccc1OC(F)(F)F. The molecule has 1 saturated heterocycles. The highest BCUT2D eigenvalue weighted by molar-refractivity contribution is 5.85. The fraction of sp³-hybridized carbons (Fsp3) is 0.444. The first-order chi connectivity index (χ1) is 12.8. The van der Waals surface area contributed by atoms with Crippen LogP contribution in [0.25, 0.3) is 0 Å². The van der Waals surface area contributed by atoms with E-state index in [1.165, 1.54) is 12.1 Å². The monoisotopic (exact) mass is 418 g/mol. The summed E-state index contributed by atoms with van der Waals surface area (Å²) in [6.45, 7) is 1.78. The molecule has 1 aliphatic rings. The zero-order valence-electron chi connectivity index (χ0n) is 15.3. The number of hydrogen-bond acceptors (Lipinski definition) is 4. The third-order valence-electron chi connectivity index (χ3n) is 4.53. The predicted molar refractivity (Wildman–Crippen MR) is 99.2 cm³/mol. The fourth-order valence-corrected chi connectivity index (χ4v) is 3.25. The number of halogens is 4. The van der Waals surface area contributed by atoms with Gasteiger partial charge in [-0.05, 0) is 18.1 Å². The molecule has 10 heteroatoms. The number of carbonyl (C=O) groups is 1. The van der Waals surface area contributed by atoms with E-state index in [2.05, 4.69) is 15.0 Å². The van der Waals surface area contributed by atoms with Crippen LogP contribution >= 0.6 is 12.4 Å². The van der Waals surface area contributed by atoms with Gasteiger partial charge >= 0.3 is 6.36 Å². The van der Waals surface area contributed by atoms with Gasteiger partial charge in [0.15, 0.2) is 0 Å². The van der Waals surface area contributed by atoms with Crippen LogP contribution < -0.4 is 10.1 Å². The van der Waals surface area contributed by atoms with Crippen LogP contribution in [0.1, 0.15) is 23.9 Å². The quantitative estimate of drug-likeness (QED) is 0.811. The minimum absolute atomic E-state index is 0. The first-order valence-corrected chi connectivity index (χ1v) is 8.66. The molecule has 1 N–H and O–H groups in total. The number of imidazole rings is 1. The third kappa shape index (κ3) is 5.39. The van der Waals surface area contributed by atoms with E-state index < -0.39 is 6.36 Å². The summed E-state index contributed by atoms with van der Waals surface area (Å²) in [7, 11) is 1.87. The fourth-order valence-electron chi connectivity index (χ4n) is 3.25. The number of alkyl halides is 3. The first kappa shape index (κ1) is 22.0. The van der Waals surface area contributed by atoms with Crippen molar-refractivity contribution >= 4 is 18.3 Å². The average molecular weight is 419 g/mol. The Morgan fingerprint density at radius 1 is 1.36 bits per heavy atom. The van der Waals surface area contributed by atoms with Crippen LogP contribution in [0.5, 0.6) is 5.75 Å². The standard InChI is InChI=1S/C18H21F3N4O2.ClH/c1-24-10-9-23-17(24)14-12-22-8-11-25(14)16(26)7-6-13-4-2-3-5-15(13)27-18(19,20)21;/h2-5,9-10,14,22H,6-8,11-12H2,1H3;1H. The normalized spacial score (nSPS) is 17.1. The number of aromatic nitrogens is 2. The molecule has 28 heavy (non-hydrogen) atoms. The van der Waals surface area contributed by atoms with Gasteiger partial charge in [-0.2, -0.15) is 0 Å². The predicted octanol–water partition coefficient (Wildman–Crippen LogP) is 2.85. The molecule has 1 fully saturated rings. The van der Waals surface area contributed by atoms with Crippen molar-refractivity contribution in [2.45, 2.75) is 25.2 Å². The highest BCUT2D eigenvalue weighted by Gasteiger charge is 2.33. The number of rotatable bonds is 5. The Labute approximate surface area is 167 Å². The molecule has 0 radical (unpaired) electrons. The van der Waals surface area contributed by atoms with E-state index in [4.69, 9.17) is 0 Å². The Hall–Kier alpha value is -2.26. The number of aryl methyl sites for hydroxylation is 2. The Balaban J connectivity index is 0.00000280. The minimum Gasteiger partial charge on any atom is -0.406 e. The van der Waals surface area contributed by atoms with Gasteiger partial charge in [-0.15, -0.1) is 25.6 Å². The van der Waals surface area contributed by atoms with E-state index in [0.29, 0.717) is 25.2 Å². The summed E-state index contributed by atoms with van der Waals surface area (Å²) < 4.78 is 43.6. The number of amides is 1. The molecule has 1 aromatic carbocycles. The van der Waals surface area contributed by atoms with Gasteiger partial charge in [0.2, 0.25) is 5.91 Å². The Bertz CT molecular complexity index is 797. The summed E-state index contributed by atoms with van der Waals surface area (Å²) in [6, 6.07) is 5.70. The first-order valence-electron chi connectivity index (χ1n) is 8.66. The van der Waals surface area contributed by atoms with Crippen molar-refractivity contribution in [2.75, 3.05) is 19.6 Å². The van der Waals surface area contributed by atoms with E-state index in [0.717, 1.165) is 5.82 Å². The minimum atomic E-state index is -4.76. The molecule has 0 spiro atoms. The summed E-state index contributed by atoms with van der Waals surface area (Å²) in [5, 5.41) is 3.25. The highest BCUT2D eigenvalue weighted by atomic mass is 35.5. The van der Waals surface area contributed by atoms with Crippen molar-refractivity contribution in [3.05, 3.63) is 48.0 Å². The highest BCUT2D eigenvalue weighted by Crippen LogP contribution is 2.28. The molecular formula is C18H22ClF3N4O2. The van der Waals surface area contributed by atoms with Crippen molar-refractivity contribution in [3.8, 4) is 5.75 Å². The topological polar surface area (TPSA) is 59.4 Å². The van der Waals surface area contributed by atoms with Crippen LogP contribution in [0.4, 0.5) is 13.2 Å². The number of para-hydroxylation sites is 1.